The zero-order valence-electron chi connectivity index (χ0n) is 14.7. The minimum atomic E-state index is -0.454. The number of benzene rings is 1. The maximum absolute atomic E-state index is 12.6. The van der Waals surface area contributed by atoms with Gasteiger partial charge in [0.1, 0.15) is 4.83 Å². The molecule has 2 heterocycles. The van der Waals surface area contributed by atoms with Crippen LogP contribution in [0.4, 0.5) is 0 Å². The van der Waals surface area contributed by atoms with Gasteiger partial charge in [-0.15, -0.1) is 11.3 Å². The largest absolute Gasteiger partial charge is 0.298 e. The molecule has 3 aromatic rings. The van der Waals surface area contributed by atoms with E-state index in [0.29, 0.717) is 20.8 Å². The summed E-state index contributed by atoms with van der Waals surface area (Å²) >= 11 is 7.25. The number of aromatic nitrogens is 2. The van der Waals surface area contributed by atoms with Crippen LogP contribution in [-0.2, 0) is 11.3 Å². The summed E-state index contributed by atoms with van der Waals surface area (Å²) in [6.45, 7) is 4.00. The predicted octanol–water partition coefficient (Wildman–Crippen LogP) is 2.58. The molecule has 0 spiro atoms. The third kappa shape index (κ3) is 4.17. The molecule has 0 aliphatic heterocycles. The molecular formula is C18H17ClN4O3S. The Morgan fingerprint density at radius 1 is 1.19 bits per heavy atom. The van der Waals surface area contributed by atoms with Crippen molar-refractivity contribution in [1.29, 1.82) is 0 Å². The first-order chi connectivity index (χ1) is 12.9. The lowest BCUT2D eigenvalue weighted by Gasteiger charge is -2.08. The second-order valence-corrected chi connectivity index (χ2v) is 7.61. The smallest absolute Gasteiger partial charge is 0.269 e. The minimum absolute atomic E-state index is 0.0240. The zero-order valence-corrected chi connectivity index (χ0v) is 16.3. The molecular weight excluding hydrogens is 388 g/mol. The second kappa shape index (κ2) is 7.89. The molecule has 27 heavy (non-hydrogen) atoms. The average molecular weight is 405 g/mol. The monoisotopic (exact) mass is 404 g/mol. The van der Waals surface area contributed by atoms with Crippen LogP contribution < -0.4 is 16.4 Å². The fourth-order valence-electron chi connectivity index (χ4n) is 2.51. The first kappa shape index (κ1) is 19.1. The molecule has 0 atom stereocenters. The van der Waals surface area contributed by atoms with Gasteiger partial charge in [0, 0.05) is 28.4 Å². The predicted molar refractivity (Wildman–Crippen MR) is 105 cm³/mol. The lowest BCUT2D eigenvalue weighted by molar-refractivity contribution is -0.122. The quantitative estimate of drug-likeness (QED) is 0.653. The molecule has 0 aliphatic rings. The van der Waals surface area contributed by atoms with Crippen LogP contribution in [0.2, 0.25) is 5.02 Å². The number of hydrazine groups is 1. The van der Waals surface area contributed by atoms with Crippen molar-refractivity contribution in [2.75, 3.05) is 0 Å². The molecule has 0 radical (unpaired) electrons. The van der Waals surface area contributed by atoms with E-state index < -0.39 is 11.8 Å². The lowest BCUT2D eigenvalue weighted by Crippen LogP contribution is -2.42. The number of aryl methyl sites for hydroxylation is 3. The summed E-state index contributed by atoms with van der Waals surface area (Å²) in [4.78, 5) is 42.5. The number of nitrogens with one attached hydrogen (secondary N) is 2. The highest BCUT2D eigenvalue weighted by molar-refractivity contribution is 7.18. The van der Waals surface area contributed by atoms with Crippen LogP contribution in [0, 0.1) is 13.8 Å². The highest BCUT2D eigenvalue weighted by atomic mass is 35.5. The molecule has 2 aromatic heterocycles. The van der Waals surface area contributed by atoms with Crippen molar-refractivity contribution in [3.8, 4) is 0 Å². The van der Waals surface area contributed by atoms with Crippen molar-refractivity contribution in [1.82, 2.24) is 20.4 Å². The maximum atomic E-state index is 12.6. The van der Waals surface area contributed by atoms with E-state index in [1.54, 1.807) is 24.3 Å². The molecule has 2 amide bonds. The number of rotatable bonds is 4. The fraction of sp³-hybridized carbons (Fsp3) is 0.222. The van der Waals surface area contributed by atoms with Gasteiger partial charge in [0.15, 0.2) is 0 Å². The van der Waals surface area contributed by atoms with Crippen LogP contribution in [-0.4, -0.2) is 21.4 Å². The number of carbonyl (C=O) groups is 2. The van der Waals surface area contributed by atoms with Crippen LogP contribution in [0.3, 0.4) is 0 Å². The Kier molecular flexibility index (Phi) is 5.57. The summed E-state index contributed by atoms with van der Waals surface area (Å²) in [5.41, 5.74) is 5.78. The Morgan fingerprint density at radius 2 is 1.89 bits per heavy atom. The summed E-state index contributed by atoms with van der Waals surface area (Å²) in [5.74, 6) is -0.868. The normalized spacial score (nSPS) is 10.8. The van der Waals surface area contributed by atoms with Gasteiger partial charge in [0.25, 0.3) is 11.5 Å². The van der Waals surface area contributed by atoms with Crippen molar-refractivity contribution >= 4 is 45.0 Å². The van der Waals surface area contributed by atoms with Crippen LogP contribution >= 0.6 is 22.9 Å². The van der Waals surface area contributed by atoms with Gasteiger partial charge in [-0.3, -0.25) is 29.8 Å². The summed E-state index contributed by atoms with van der Waals surface area (Å²) in [6.07, 6.45) is 1.47. The molecule has 0 saturated carbocycles. The standard InChI is InChI=1S/C18H17ClN4O3S/c1-10-11(2)27-17-15(10)18(26)23(9-20-17)8-7-14(24)21-22-16(25)12-3-5-13(19)6-4-12/h3-6,9H,7-8H2,1-2H3,(H,21,24)(H,22,25). The number of amides is 2. The van der Waals surface area contributed by atoms with Gasteiger partial charge in [-0.1, -0.05) is 11.6 Å². The van der Waals surface area contributed by atoms with Crippen LogP contribution in [0.15, 0.2) is 35.4 Å². The first-order valence-corrected chi connectivity index (χ1v) is 9.36. The van der Waals surface area contributed by atoms with E-state index in [1.807, 2.05) is 13.8 Å². The van der Waals surface area contributed by atoms with E-state index in [4.69, 9.17) is 11.6 Å². The van der Waals surface area contributed by atoms with Gasteiger partial charge in [0.2, 0.25) is 5.91 Å². The molecule has 1 aromatic carbocycles. The molecule has 7 nitrogen and oxygen atoms in total. The Labute approximate surface area is 164 Å². The van der Waals surface area contributed by atoms with Crippen LogP contribution in [0.5, 0.6) is 0 Å². The number of thiophene rings is 1. The topological polar surface area (TPSA) is 93.1 Å². The van der Waals surface area contributed by atoms with Crippen molar-refractivity contribution < 1.29 is 9.59 Å². The minimum Gasteiger partial charge on any atom is -0.298 e. The van der Waals surface area contributed by atoms with Crippen molar-refractivity contribution in [2.24, 2.45) is 0 Å². The first-order valence-electron chi connectivity index (χ1n) is 8.16. The summed E-state index contributed by atoms with van der Waals surface area (Å²) < 4.78 is 1.40. The molecule has 9 heteroatoms. The number of nitrogens with zero attached hydrogens (tertiary/aromatic N) is 2. The Morgan fingerprint density at radius 3 is 2.59 bits per heavy atom. The molecule has 0 fully saturated rings. The second-order valence-electron chi connectivity index (χ2n) is 5.97. The van der Waals surface area contributed by atoms with Crippen LogP contribution in [0.25, 0.3) is 10.2 Å². The van der Waals surface area contributed by atoms with Gasteiger partial charge >= 0.3 is 0 Å². The van der Waals surface area contributed by atoms with Gasteiger partial charge in [-0.25, -0.2) is 4.98 Å². The molecule has 0 saturated heterocycles. The lowest BCUT2D eigenvalue weighted by atomic mass is 10.2. The molecule has 0 unspecified atom stereocenters. The summed E-state index contributed by atoms with van der Waals surface area (Å²) in [5, 5.41) is 1.11. The summed E-state index contributed by atoms with van der Waals surface area (Å²) in [7, 11) is 0. The highest BCUT2D eigenvalue weighted by Gasteiger charge is 2.13. The molecule has 2 N–H and O–H groups in total. The number of hydrogen-bond acceptors (Lipinski definition) is 5. The van der Waals surface area contributed by atoms with E-state index in [9.17, 15) is 14.4 Å². The van der Waals surface area contributed by atoms with E-state index in [-0.39, 0.29) is 18.5 Å². The SMILES string of the molecule is Cc1sc2ncn(CCC(=O)NNC(=O)c3ccc(Cl)cc3)c(=O)c2c1C. The Bertz CT molecular complexity index is 1070. The van der Waals surface area contributed by atoms with Gasteiger partial charge in [-0.05, 0) is 43.7 Å². The highest BCUT2D eigenvalue weighted by Crippen LogP contribution is 2.25. The molecule has 3 rings (SSSR count). The maximum Gasteiger partial charge on any atom is 0.269 e. The Balaban J connectivity index is 1.59. The number of hydrogen-bond donors (Lipinski definition) is 2. The van der Waals surface area contributed by atoms with Gasteiger partial charge < -0.3 is 0 Å². The van der Waals surface area contributed by atoms with E-state index in [0.717, 1.165) is 10.4 Å². The Hall–Kier alpha value is -2.71. The molecule has 0 aliphatic carbocycles. The van der Waals surface area contributed by atoms with Gasteiger partial charge in [-0.2, -0.15) is 0 Å². The third-order valence-corrected chi connectivity index (χ3v) is 5.52. The molecule has 140 valence electrons. The van der Waals surface area contributed by atoms with Crippen LogP contribution in [0.1, 0.15) is 27.2 Å². The van der Waals surface area contributed by atoms with Crippen molar-refractivity contribution in [3.05, 3.63) is 62.0 Å². The van der Waals surface area contributed by atoms with Crippen molar-refractivity contribution in [3.63, 3.8) is 0 Å². The van der Waals surface area contributed by atoms with E-state index in [2.05, 4.69) is 15.8 Å². The van der Waals surface area contributed by atoms with E-state index >= 15 is 0 Å². The zero-order chi connectivity index (χ0) is 19.6. The molecule has 0 bridgehead atoms. The average Bonchev–Trinajstić information content (AvgIpc) is 2.94. The number of fused-ring (bicyclic) bond motifs is 1. The van der Waals surface area contributed by atoms with Gasteiger partial charge in [0.05, 0.1) is 11.7 Å². The summed E-state index contributed by atoms with van der Waals surface area (Å²) in [6, 6.07) is 6.27. The van der Waals surface area contributed by atoms with E-state index in [1.165, 1.54) is 22.2 Å². The fourth-order valence-corrected chi connectivity index (χ4v) is 3.63. The number of carbonyl (C=O) groups excluding carboxylic acids is 2. The van der Waals surface area contributed by atoms with Crippen molar-refractivity contribution in [2.45, 2.75) is 26.8 Å². The third-order valence-electron chi connectivity index (χ3n) is 4.16. The number of halogens is 1.